The largest absolute Gasteiger partial charge is 0.484 e. The molecule has 0 radical (unpaired) electrons. The van der Waals surface area contributed by atoms with E-state index in [1.807, 2.05) is 12.1 Å². The second-order valence-electron chi connectivity index (χ2n) is 12.6. The van der Waals surface area contributed by atoms with Gasteiger partial charge in [-0.3, -0.25) is 4.40 Å². The zero-order chi connectivity index (χ0) is 27.7. The minimum absolute atomic E-state index is 0.00204. The molecular formula is C31H47N5O2Si. The Balaban J connectivity index is 1.32. The third-order valence-corrected chi connectivity index (χ3v) is 15.3. The van der Waals surface area contributed by atoms with E-state index >= 15 is 0 Å². The van der Waals surface area contributed by atoms with E-state index in [4.69, 9.17) is 14.9 Å². The Hall–Kier alpha value is -2.42. The van der Waals surface area contributed by atoms with Crippen LogP contribution in [0.4, 0.5) is 5.95 Å². The maximum atomic E-state index is 6.99. The first-order chi connectivity index (χ1) is 18.7. The maximum Gasteiger partial charge on any atom is 0.231 e. The third kappa shape index (κ3) is 5.48. The molecule has 0 spiro atoms. The zero-order valence-electron chi connectivity index (χ0n) is 24.6. The second-order valence-corrected chi connectivity index (χ2v) is 18.1. The number of piperidine rings is 1. The number of benzene rings is 1. The van der Waals surface area contributed by atoms with Crippen LogP contribution in [0.15, 0.2) is 42.6 Å². The first kappa shape index (κ1) is 28.1. The van der Waals surface area contributed by atoms with Gasteiger partial charge in [-0.2, -0.15) is 0 Å². The molecule has 2 aliphatic rings. The fourth-order valence-corrected chi connectivity index (χ4v) is 12.9. The van der Waals surface area contributed by atoms with Crippen LogP contribution in [0, 0.1) is 5.92 Å². The molecule has 1 unspecified atom stereocenters. The fourth-order valence-electron chi connectivity index (χ4n) is 7.36. The van der Waals surface area contributed by atoms with Crippen molar-refractivity contribution in [3.8, 4) is 5.75 Å². The van der Waals surface area contributed by atoms with Gasteiger partial charge < -0.3 is 19.8 Å². The van der Waals surface area contributed by atoms with E-state index in [0.717, 1.165) is 56.3 Å². The van der Waals surface area contributed by atoms with E-state index in [-0.39, 0.29) is 12.1 Å². The van der Waals surface area contributed by atoms with Gasteiger partial charge in [-0.25, -0.2) is 0 Å². The number of ether oxygens (including phenoxy) is 1. The normalized spacial score (nSPS) is 22.2. The minimum atomic E-state index is -1.88. The first-order valence-corrected chi connectivity index (χ1v) is 17.1. The molecule has 1 aliphatic heterocycles. The van der Waals surface area contributed by atoms with Gasteiger partial charge in [0.25, 0.3) is 0 Å². The maximum absolute atomic E-state index is 6.99. The van der Waals surface area contributed by atoms with E-state index in [9.17, 15) is 0 Å². The van der Waals surface area contributed by atoms with Gasteiger partial charge >= 0.3 is 0 Å². The smallest absolute Gasteiger partial charge is 0.231 e. The number of fused-ring (bicyclic) bond motifs is 2. The van der Waals surface area contributed by atoms with Gasteiger partial charge in [0.2, 0.25) is 5.95 Å². The SMILES string of the molecule is CC(C)[Si](OCC1CCCN(c2nnc3ccc(O[C@@H]4CC[C@H](N)c5ccccc54)cn23)C1)(C(C)C)C(C)C. The third-order valence-electron chi connectivity index (χ3n) is 9.20. The lowest BCUT2D eigenvalue weighted by atomic mass is 9.86. The Morgan fingerprint density at radius 3 is 2.36 bits per heavy atom. The number of nitrogens with two attached hydrogens (primary N) is 1. The Labute approximate surface area is 235 Å². The van der Waals surface area contributed by atoms with Crippen LogP contribution in [-0.2, 0) is 4.43 Å². The van der Waals surface area contributed by atoms with Crippen LogP contribution >= 0.6 is 0 Å². The molecule has 7 nitrogen and oxygen atoms in total. The zero-order valence-corrected chi connectivity index (χ0v) is 25.6. The monoisotopic (exact) mass is 549 g/mol. The van der Waals surface area contributed by atoms with Gasteiger partial charge in [0, 0.05) is 25.7 Å². The molecule has 0 bridgehead atoms. The summed E-state index contributed by atoms with van der Waals surface area (Å²) in [5, 5.41) is 9.10. The highest BCUT2D eigenvalue weighted by atomic mass is 28.4. The highest BCUT2D eigenvalue weighted by Gasteiger charge is 2.45. The molecule has 0 saturated carbocycles. The molecule has 1 fully saturated rings. The first-order valence-electron chi connectivity index (χ1n) is 15.0. The van der Waals surface area contributed by atoms with Crippen molar-refractivity contribution >= 4 is 19.9 Å². The van der Waals surface area contributed by atoms with Crippen LogP contribution in [-0.4, -0.2) is 42.6 Å². The standard InChI is InChI=1S/C31H47N5O2Si/c1-21(2)39(22(3)4,23(5)6)37-20-24-10-9-17-35(18-24)31-34-33-30-16-13-25(19-36(30)31)38-29-15-14-28(32)26-11-7-8-12-27(26)29/h7-8,11-13,16,19,21-24,28-29H,9-10,14-15,17-18,20,32H2,1-6H3/t24?,28-,29+/m0/s1. The molecule has 5 rings (SSSR count). The van der Waals surface area contributed by atoms with Crippen molar-refractivity contribution in [3.05, 3.63) is 53.7 Å². The molecule has 1 saturated heterocycles. The summed E-state index contributed by atoms with van der Waals surface area (Å²) >= 11 is 0. The molecule has 39 heavy (non-hydrogen) atoms. The van der Waals surface area contributed by atoms with Crippen molar-refractivity contribution in [1.82, 2.24) is 14.6 Å². The molecule has 3 aromatic rings. The predicted molar refractivity (Wildman–Crippen MR) is 161 cm³/mol. The van der Waals surface area contributed by atoms with Crippen molar-refractivity contribution in [2.45, 2.75) is 96.0 Å². The quantitative estimate of drug-likeness (QED) is 0.288. The number of pyridine rings is 1. The second kappa shape index (κ2) is 11.6. The molecule has 212 valence electrons. The summed E-state index contributed by atoms with van der Waals surface area (Å²) in [6.07, 6.45) is 6.22. The fraction of sp³-hybridized carbons (Fsp3) is 0.613. The topological polar surface area (TPSA) is 77.9 Å². The van der Waals surface area contributed by atoms with Gasteiger partial charge in [-0.1, -0.05) is 65.8 Å². The Kier molecular flexibility index (Phi) is 8.36. The van der Waals surface area contributed by atoms with Crippen LogP contribution in [0.1, 0.15) is 90.5 Å². The highest BCUT2D eigenvalue weighted by molar-refractivity contribution is 6.77. The molecule has 3 heterocycles. The summed E-state index contributed by atoms with van der Waals surface area (Å²) in [5.41, 5.74) is 11.4. The van der Waals surface area contributed by atoms with Crippen LogP contribution < -0.4 is 15.4 Å². The average molecular weight is 550 g/mol. The minimum Gasteiger partial charge on any atom is -0.484 e. The number of nitrogens with zero attached hydrogens (tertiary/aromatic N) is 4. The lowest BCUT2D eigenvalue weighted by Crippen LogP contribution is -2.49. The summed E-state index contributed by atoms with van der Waals surface area (Å²) in [7, 11) is -1.88. The Morgan fingerprint density at radius 1 is 0.923 bits per heavy atom. The van der Waals surface area contributed by atoms with E-state index in [1.54, 1.807) is 0 Å². The molecule has 3 atom stereocenters. The van der Waals surface area contributed by atoms with Crippen molar-refractivity contribution in [2.24, 2.45) is 11.7 Å². The molecular weight excluding hydrogens is 502 g/mol. The van der Waals surface area contributed by atoms with E-state index < -0.39 is 8.32 Å². The van der Waals surface area contributed by atoms with Gasteiger partial charge in [0.15, 0.2) is 14.0 Å². The van der Waals surface area contributed by atoms with E-state index in [2.05, 4.69) is 91.5 Å². The van der Waals surface area contributed by atoms with Crippen molar-refractivity contribution < 1.29 is 9.16 Å². The summed E-state index contributed by atoms with van der Waals surface area (Å²) in [6, 6.07) is 12.5. The van der Waals surface area contributed by atoms with E-state index in [0.29, 0.717) is 22.5 Å². The number of anilines is 1. The summed E-state index contributed by atoms with van der Waals surface area (Å²) < 4.78 is 15.6. The number of rotatable bonds is 9. The van der Waals surface area contributed by atoms with Crippen molar-refractivity contribution in [1.29, 1.82) is 0 Å². The summed E-state index contributed by atoms with van der Waals surface area (Å²) in [5.74, 6) is 2.22. The van der Waals surface area contributed by atoms with Crippen LogP contribution in [0.2, 0.25) is 16.6 Å². The Bertz CT molecular complexity index is 1240. The van der Waals surface area contributed by atoms with Crippen LogP contribution in [0.25, 0.3) is 5.65 Å². The molecule has 0 amide bonds. The van der Waals surface area contributed by atoms with Gasteiger partial charge in [-0.05, 0) is 71.5 Å². The highest BCUT2D eigenvalue weighted by Crippen LogP contribution is 2.43. The molecule has 8 heteroatoms. The van der Waals surface area contributed by atoms with E-state index in [1.165, 1.54) is 17.5 Å². The average Bonchev–Trinajstić information content (AvgIpc) is 3.34. The number of hydrogen-bond acceptors (Lipinski definition) is 6. The van der Waals surface area contributed by atoms with Crippen molar-refractivity contribution in [2.75, 3.05) is 24.6 Å². The number of aromatic nitrogens is 3. The lowest BCUT2D eigenvalue weighted by Gasteiger charge is -2.44. The molecule has 2 N–H and O–H groups in total. The van der Waals surface area contributed by atoms with Gasteiger partial charge in [0.05, 0.1) is 6.20 Å². The summed E-state index contributed by atoms with van der Waals surface area (Å²) in [6.45, 7) is 16.9. The van der Waals surface area contributed by atoms with Crippen LogP contribution in [0.5, 0.6) is 5.75 Å². The summed E-state index contributed by atoms with van der Waals surface area (Å²) in [4.78, 5) is 2.39. The number of hydrogen-bond donors (Lipinski definition) is 1. The Morgan fingerprint density at radius 2 is 1.64 bits per heavy atom. The van der Waals surface area contributed by atoms with Crippen molar-refractivity contribution in [3.63, 3.8) is 0 Å². The van der Waals surface area contributed by atoms with Gasteiger partial charge in [-0.15, -0.1) is 10.2 Å². The van der Waals surface area contributed by atoms with Crippen LogP contribution in [0.3, 0.4) is 0 Å². The molecule has 2 aromatic heterocycles. The molecule has 1 aliphatic carbocycles. The lowest BCUT2D eigenvalue weighted by molar-refractivity contribution is 0.176. The van der Waals surface area contributed by atoms with Gasteiger partial charge in [0.1, 0.15) is 11.9 Å². The predicted octanol–water partition coefficient (Wildman–Crippen LogP) is 7.05. The molecule has 1 aromatic carbocycles.